The number of piperidine rings is 1. The van der Waals surface area contributed by atoms with E-state index >= 15 is 0 Å². The maximum Gasteiger partial charge on any atom is 0.416 e. The summed E-state index contributed by atoms with van der Waals surface area (Å²) in [5.41, 5.74) is 7.59. The number of aromatic nitrogens is 2. The Labute approximate surface area is 126 Å². The van der Waals surface area contributed by atoms with Gasteiger partial charge in [0.2, 0.25) is 0 Å². The van der Waals surface area contributed by atoms with E-state index in [1.54, 1.807) is 6.20 Å². The highest BCUT2D eigenvalue weighted by Gasteiger charge is 2.30. The number of nitrogens with zero attached hydrogens (tertiary/aromatic N) is 2. The van der Waals surface area contributed by atoms with Crippen molar-refractivity contribution >= 4 is 5.69 Å². The first-order valence-corrected chi connectivity index (χ1v) is 7.16. The van der Waals surface area contributed by atoms with Gasteiger partial charge in [-0.2, -0.15) is 18.3 Å². The zero-order chi connectivity index (χ0) is 15.7. The highest BCUT2D eigenvalue weighted by molar-refractivity contribution is 5.74. The Balaban J connectivity index is 1.85. The summed E-state index contributed by atoms with van der Waals surface area (Å²) in [5, 5.41) is 6.93. The number of nitrogens with two attached hydrogens (primary N) is 1. The van der Waals surface area contributed by atoms with Crippen molar-refractivity contribution in [2.45, 2.75) is 25.1 Å². The van der Waals surface area contributed by atoms with E-state index in [2.05, 4.69) is 15.1 Å². The van der Waals surface area contributed by atoms with Crippen LogP contribution >= 0.6 is 0 Å². The van der Waals surface area contributed by atoms with Crippen LogP contribution in [0.4, 0.5) is 18.9 Å². The molecule has 0 bridgehead atoms. The van der Waals surface area contributed by atoms with Crippen LogP contribution < -0.4 is 10.6 Å². The lowest BCUT2D eigenvalue weighted by atomic mass is 10.0. The molecule has 1 aromatic carbocycles. The number of H-pyrrole nitrogens is 1. The minimum Gasteiger partial charge on any atom is -0.368 e. The molecule has 4 nitrogen and oxygen atoms in total. The lowest BCUT2D eigenvalue weighted by molar-refractivity contribution is -0.137. The molecule has 1 saturated heterocycles. The van der Waals surface area contributed by atoms with E-state index in [9.17, 15) is 13.2 Å². The monoisotopic (exact) mass is 310 g/mol. The van der Waals surface area contributed by atoms with Gasteiger partial charge >= 0.3 is 6.18 Å². The SMILES string of the molecule is NC1CCN(c2cn[nH]c2-c2ccc(C(F)(F)F)cc2)CC1. The molecular weight excluding hydrogens is 293 g/mol. The molecule has 2 aromatic rings. The molecule has 22 heavy (non-hydrogen) atoms. The third kappa shape index (κ3) is 2.94. The average molecular weight is 310 g/mol. The van der Waals surface area contributed by atoms with Crippen molar-refractivity contribution < 1.29 is 13.2 Å². The van der Waals surface area contributed by atoms with Gasteiger partial charge in [0.15, 0.2) is 0 Å². The zero-order valence-corrected chi connectivity index (χ0v) is 11.9. The summed E-state index contributed by atoms with van der Waals surface area (Å²) in [6.07, 6.45) is -0.808. The van der Waals surface area contributed by atoms with Gasteiger partial charge in [-0.05, 0) is 25.0 Å². The molecule has 0 aliphatic carbocycles. The molecular formula is C15H17F3N4. The van der Waals surface area contributed by atoms with Crippen LogP contribution in [0.2, 0.25) is 0 Å². The summed E-state index contributed by atoms with van der Waals surface area (Å²) in [7, 11) is 0. The van der Waals surface area contributed by atoms with Gasteiger partial charge in [-0.25, -0.2) is 0 Å². The van der Waals surface area contributed by atoms with Crippen LogP contribution in [0, 0.1) is 0 Å². The van der Waals surface area contributed by atoms with Crippen molar-refractivity contribution in [3.05, 3.63) is 36.0 Å². The van der Waals surface area contributed by atoms with Crippen LogP contribution in [-0.2, 0) is 6.18 Å². The Hall–Kier alpha value is -2.02. The Morgan fingerprint density at radius 1 is 1.14 bits per heavy atom. The largest absolute Gasteiger partial charge is 0.416 e. The summed E-state index contributed by atoms with van der Waals surface area (Å²) < 4.78 is 37.9. The number of anilines is 1. The maximum atomic E-state index is 12.6. The second kappa shape index (κ2) is 5.64. The van der Waals surface area contributed by atoms with Crippen LogP contribution in [0.15, 0.2) is 30.5 Å². The van der Waals surface area contributed by atoms with Gasteiger partial charge in [-0.1, -0.05) is 12.1 Å². The van der Waals surface area contributed by atoms with Gasteiger partial charge in [0.1, 0.15) is 0 Å². The molecule has 0 atom stereocenters. The van der Waals surface area contributed by atoms with Gasteiger partial charge in [0.05, 0.1) is 23.1 Å². The van der Waals surface area contributed by atoms with Crippen LogP contribution in [0.3, 0.4) is 0 Å². The molecule has 0 unspecified atom stereocenters. The first-order valence-electron chi connectivity index (χ1n) is 7.16. The summed E-state index contributed by atoms with van der Waals surface area (Å²) in [6.45, 7) is 1.66. The number of rotatable bonds is 2. The van der Waals surface area contributed by atoms with E-state index in [0.717, 1.165) is 49.4 Å². The topological polar surface area (TPSA) is 57.9 Å². The number of aromatic amines is 1. The predicted octanol–water partition coefficient (Wildman–Crippen LogP) is 3.02. The molecule has 0 saturated carbocycles. The molecule has 7 heteroatoms. The van der Waals surface area contributed by atoms with E-state index in [0.29, 0.717) is 5.56 Å². The molecule has 1 aromatic heterocycles. The highest BCUT2D eigenvalue weighted by Crippen LogP contribution is 2.33. The molecule has 1 aliphatic rings. The minimum atomic E-state index is -4.32. The Morgan fingerprint density at radius 2 is 1.77 bits per heavy atom. The number of halogens is 3. The summed E-state index contributed by atoms with van der Waals surface area (Å²) in [4.78, 5) is 2.17. The molecule has 1 aliphatic heterocycles. The fourth-order valence-corrected chi connectivity index (χ4v) is 2.70. The van der Waals surface area contributed by atoms with Crippen molar-refractivity contribution in [2.75, 3.05) is 18.0 Å². The fraction of sp³-hybridized carbons (Fsp3) is 0.400. The summed E-state index contributed by atoms with van der Waals surface area (Å²) >= 11 is 0. The van der Waals surface area contributed by atoms with E-state index < -0.39 is 11.7 Å². The molecule has 0 spiro atoms. The minimum absolute atomic E-state index is 0.220. The van der Waals surface area contributed by atoms with Gasteiger partial charge < -0.3 is 10.6 Å². The molecule has 0 amide bonds. The van der Waals surface area contributed by atoms with Crippen molar-refractivity contribution in [2.24, 2.45) is 5.73 Å². The van der Waals surface area contributed by atoms with Crippen LogP contribution in [-0.4, -0.2) is 29.3 Å². The quantitative estimate of drug-likeness (QED) is 0.896. The lowest BCUT2D eigenvalue weighted by Crippen LogP contribution is -2.39. The van der Waals surface area contributed by atoms with Crippen molar-refractivity contribution in [3.8, 4) is 11.3 Å². The average Bonchev–Trinajstić information content (AvgIpc) is 2.97. The zero-order valence-electron chi connectivity index (χ0n) is 11.9. The van der Waals surface area contributed by atoms with Gasteiger partial charge in [0, 0.05) is 24.7 Å². The smallest absolute Gasteiger partial charge is 0.368 e. The van der Waals surface area contributed by atoms with E-state index in [1.165, 1.54) is 12.1 Å². The highest BCUT2D eigenvalue weighted by atomic mass is 19.4. The molecule has 3 N–H and O–H groups in total. The van der Waals surface area contributed by atoms with E-state index in [-0.39, 0.29) is 6.04 Å². The van der Waals surface area contributed by atoms with Crippen molar-refractivity contribution in [3.63, 3.8) is 0 Å². The Morgan fingerprint density at radius 3 is 2.36 bits per heavy atom. The molecule has 1 fully saturated rings. The molecule has 3 rings (SSSR count). The van der Waals surface area contributed by atoms with E-state index in [4.69, 9.17) is 5.73 Å². The van der Waals surface area contributed by atoms with Crippen molar-refractivity contribution in [1.82, 2.24) is 10.2 Å². The first-order chi connectivity index (χ1) is 10.4. The van der Waals surface area contributed by atoms with Crippen LogP contribution in [0.25, 0.3) is 11.3 Å². The standard InChI is InChI=1S/C15H17F3N4/c16-15(17,18)11-3-1-10(2-4-11)14-13(9-20-21-14)22-7-5-12(19)6-8-22/h1-4,9,12H,5-8,19H2,(H,20,21). The van der Waals surface area contributed by atoms with Gasteiger partial charge in [-0.3, -0.25) is 5.10 Å². The second-order valence-electron chi connectivity index (χ2n) is 5.53. The number of hydrogen-bond donors (Lipinski definition) is 2. The van der Waals surface area contributed by atoms with E-state index in [1.807, 2.05) is 0 Å². The fourth-order valence-electron chi connectivity index (χ4n) is 2.70. The number of hydrogen-bond acceptors (Lipinski definition) is 3. The number of alkyl halides is 3. The van der Waals surface area contributed by atoms with Gasteiger partial charge in [0.25, 0.3) is 0 Å². The first kappa shape index (κ1) is 14.9. The third-order valence-corrected chi connectivity index (χ3v) is 4.00. The third-order valence-electron chi connectivity index (χ3n) is 4.00. The summed E-state index contributed by atoms with van der Waals surface area (Å²) in [5.74, 6) is 0. The lowest BCUT2D eigenvalue weighted by Gasteiger charge is -2.31. The predicted molar refractivity (Wildman–Crippen MR) is 78.4 cm³/mol. The molecule has 0 radical (unpaired) electrons. The molecule has 118 valence electrons. The Bertz CT molecular complexity index is 625. The van der Waals surface area contributed by atoms with Crippen LogP contribution in [0.1, 0.15) is 18.4 Å². The second-order valence-corrected chi connectivity index (χ2v) is 5.53. The number of nitrogens with one attached hydrogen (secondary N) is 1. The maximum absolute atomic E-state index is 12.6. The van der Waals surface area contributed by atoms with Gasteiger partial charge in [-0.15, -0.1) is 0 Å². The number of benzene rings is 1. The Kier molecular flexibility index (Phi) is 3.82. The molecule has 2 heterocycles. The normalized spacial score (nSPS) is 17.0. The summed E-state index contributed by atoms with van der Waals surface area (Å²) in [6, 6.07) is 5.33. The van der Waals surface area contributed by atoms with Crippen molar-refractivity contribution in [1.29, 1.82) is 0 Å². The van der Waals surface area contributed by atoms with Crippen LogP contribution in [0.5, 0.6) is 0 Å².